The Labute approximate surface area is 177 Å². The lowest BCUT2D eigenvalue weighted by Crippen LogP contribution is -2.40. The molecule has 0 saturated heterocycles. The van der Waals surface area contributed by atoms with E-state index in [1.165, 1.54) is 6.42 Å². The van der Waals surface area contributed by atoms with Gasteiger partial charge in [0.15, 0.2) is 5.60 Å². The van der Waals surface area contributed by atoms with Crippen LogP contribution in [0.3, 0.4) is 0 Å². The van der Waals surface area contributed by atoms with Crippen molar-refractivity contribution in [2.24, 2.45) is 0 Å². The Kier molecular flexibility index (Phi) is 6.41. The number of hydrogen-bond donors (Lipinski definition) is 2. The molecule has 1 aromatic carbocycles. The first-order valence-corrected chi connectivity index (χ1v) is 10.2. The third-order valence-corrected chi connectivity index (χ3v) is 6.94. The lowest BCUT2D eigenvalue weighted by molar-refractivity contribution is -0.148. The molecule has 1 aromatic rings. The maximum absolute atomic E-state index is 11.7. The van der Waals surface area contributed by atoms with Crippen LogP contribution in [0, 0.1) is 0 Å². The summed E-state index contributed by atoms with van der Waals surface area (Å²) in [5.41, 5.74) is 0.778. The van der Waals surface area contributed by atoms with Crippen LogP contribution in [0.5, 0.6) is 0 Å². The molecule has 1 aliphatic heterocycles. The largest absolute Gasteiger partial charge is 0.449 e. The molecule has 4 nitrogen and oxygen atoms in total. The number of carbonyl (C=O) groups excluding carboxylic acids is 1. The van der Waals surface area contributed by atoms with Crippen LogP contribution in [-0.2, 0) is 9.53 Å². The number of ether oxygens (including phenoxy) is 1. The highest BCUT2D eigenvalue weighted by Crippen LogP contribution is 2.46. The first-order chi connectivity index (χ1) is 12.4. The number of nitrogens with one attached hydrogen (secondary N) is 2. The van der Waals surface area contributed by atoms with Crippen molar-refractivity contribution in [2.45, 2.75) is 37.7 Å². The van der Waals surface area contributed by atoms with E-state index in [4.69, 9.17) is 62.7 Å². The predicted octanol–water partition coefficient (Wildman–Crippen LogP) is 6.10. The van der Waals surface area contributed by atoms with Crippen molar-refractivity contribution in [2.75, 3.05) is 18.4 Å². The Morgan fingerprint density at radius 1 is 0.846 bits per heavy atom. The van der Waals surface area contributed by atoms with E-state index in [2.05, 4.69) is 10.6 Å². The van der Waals surface area contributed by atoms with Gasteiger partial charge in [0.05, 0.1) is 36.5 Å². The van der Waals surface area contributed by atoms with E-state index >= 15 is 0 Å². The van der Waals surface area contributed by atoms with Gasteiger partial charge in [0.2, 0.25) is 0 Å². The second-order valence-corrected chi connectivity index (χ2v) is 8.22. The number of halogens is 5. The predicted molar refractivity (Wildman–Crippen MR) is 108 cm³/mol. The molecule has 0 atom stereocenters. The van der Waals surface area contributed by atoms with Crippen LogP contribution >= 0.6 is 58.0 Å². The fourth-order valence-electron chi connectivity index (χ4n) is 3.38. The van der Waals surface area contributed by atoms with Gasteiger partial charge >= 0.3 is 5.97 Å². The molecule has 0 bridgehead atoms. The van der Waals surface area contributed by atoms with Crippen LogP contribution in [-0.4, -0.2) is 24.7 Å². The molecule has 1 saturated carbocycles. The zero-order valence-corrected chi connectivity index (χ0v) is 17.5. The van der Waals surface area contributed by atoms with Gasteiger partial charge in [-0.05, 0) is 25.7 Å². The Balaban J connectivity index is 1.63. The van der Waals surface area contributed by atoms with Gasteiger partial charge in [-0.1, -0.05) is 64.4 Å². The van der Waals surface area contributed by atoms with Gasteiger partial charge in [0, 0.05) is 19.2 Å². The summed E-state index contributed by atoms with van der Waals surface area (Å²) in [4.78, 5) is 11.7. The molecule has 26 heavy (non-hydrogen) atoms. The van der Waals surface area contributed by atoms with Crippen LogP contribution < -0.4 is 10.6 Å². The van der Waals surface area contributed by atoms with Crippen molar-refractivity contribution in [3.05, 3.63) is 36.9 Å². The average Bonchev–Trinajstić information content (AvgIpc) is 2.92. The number of carbonyl (C=O) groups is 1. The van der Waals surface area contributed by atoms with E-state index in [0.717, 1.165) is 31.4 Å². The molecule has 0 amide bonds. The highest BCUT2D eigenvalue weighted by molar-refractivity contribution is 6.56. The third-order valence-electron chi connectivity index (χ3n) is 4.66. The minimum absolute atomic E-state index is 0.123. The lowest BCUT2D eigenvalue weighted by Gasteiger charge is -2.34. The minimum atomic E-state index is -0.489. The number of esters is 1. The summed E-state index contributed by atoms with van der Waals surface area (Å²) in [6.07, 6.45) is 6.52. The van der Waals surface area contributed by atoms with Gasteiger partial charge in [-0.15, -0.1) is 0 Å². The third kappa shape index (κ3) is 3.85. The molecule has 0 aromatic heterocycles. The van der Waals surface area contributed by atoms with Gasteiger partial charge in [0.25, 0.3) is 0 Å². The molecule has 1 aliphatic carbocycles. The molecule has 1 spiro atoms. The van der Waals surface area contributed by atoms with Gasteiger partial charge < -0.3 is 15.4 Å². The molecular weight excluding hydrogens is 441 g/mol. The van der Waals surface area contributed by atoms with Gasteiger partial charge in [-0.3, -0.25) is 0 Å². The summed E-state index contributed by atoms with van der Waals surface area (Å²) in [6.45, 7) is 1.02. The van der Waals surface area contributed by atoms with Crippen molar-refractivity contribution in [3.63, 3.8) is 0 Å². The van der Waals surface area contributed by atoms with Crippen LogP contribution in [0.4, 0.5) is 5.69 Å². The summed E-state index contributed by atoms with van der Waals surface area (Å²) in [7, 11) is 0. The smallest absolute Gasteiger partial charge is 0.333 e. The fraction of sp³-hybridized carbons (Fsp3) is 0.471. The maximum atomic E-state index is 11.7. The van der Waals surface area contributed by atoms with Crippen LogP contribution in [0.25, 0.3) is 0 Å². The van der Waals surface area contributed by atoms with Crippen molar-refractivity contribution < 1.29 is 9.53 Å². The van der Waals surface area contributed by atoms with Crippen molar-refractivity contribution >= 4 is 69.7 Å². The van der Waals surface area contributed by atoms with Crippen molar-refractivity contribution in [1.82, 2.24) is 5.32 Å². The summed E-state index contributed by atoms with van der Waals surface area (Å²) >= 11 is 30.5. The number of hydrogen-bond acceptors (Lipinski definition) is 4. The Morgan fingerprint density at radius 3 is 2.00 bits per heavy atom. The second kappa shape index (κ2) is 8.24. The molecular formula is C17H17Cl5N2O2. The standard InChI is InChI=1S/C17H17Cl5N2O2/c18-11-12(19)14(21)16(15(22)13(11)20)24-7-6-23-9-8-10(25)26-17(9)4-2-1-3-5-17/h8,23-24H,1-7H2. The Hall–Kier alpha value is -0.520. The van der Waals surface area contributed by atoms with Crippen molar-refractivity contribution in [1.29, 1.82) is 0 Å². The normalized spacial score (nSPS) is 18.7. The molecule has 1 heterocycles. The number of benzene rings is 1. The van der Waals surface area contributed by atoms with Crippen LogP contribution in [0.1, 0.15) is 32.1 Å². The second-order valence-electron chi connectivity index (χ2n) is 6.33. The molecule has 2 N–H and O–H groups in total. The molecule has 3 rings (SSSR count). The van der Waals surface area contributed by atoms with E-state index in [1.807, 2.05) is 0 Å². The van der Waals surface area contributed by atoms with Crippen LogP contribution in [0.2, 0.25) is 25.1 Å². The summed E-state index contributed by atoms with van der Waals surface area (Å²) in [5.74, 6) is -0.287. The minimum Gasteiger partial charge on any atom is -0.449 e. The monoisotopic (exact) mass is 456 g/mol. The maximum Gasteiger partial charge on any atom is 0.333 e. The first kappa shape index (κ1) is 20.2. The number of rotatable bonds is 5. The first-order valence-electron chi connectivity index (χ1n) is 8.30. The molecule has 1 fully saturated rings. The Bertz CT molecular complexity index is 731. The van der Waals surface area contributed by atoms with E-state index < -0.39 is 5.60 Å². The average molecular weight is 459 g/mol. The summed E-state index contributed by atoms with van der Waals surface area (Å²) < 4.78 is 5.59. The summed E-state index contributed by atoms with van der Waals surface area (Å²) in [6, 6.07) is 0. The summed E-state index contributed by atoms with van der Waals surface area (Å²) in [5, 5.41) is 7.26. The van der Waals surface area contributed by atoms with Crippen LogP contribution in [0.15, 0.2) is 11.8 Å². The van der Waals surface area contributed by atoms with E-state index in [9.17, 15) is 4.79 Å². The van der Waals surface area contributed by atoms with E-state index in [0.29, 0.717) is 18.8 Å². The van der Waals surface area contributed by atoms with Gasteiger partial charge in [-0.25, -0.2) is 4.79 Å². The van der Waals surface area contributed by atoms with Gasteiger partial charge in [-0.2, -0.15) is 0 Å². The zero-order valence-electron chi connectivity index (χ0n) is 13.7. The quantitative estimate of drug-likeness (QED) is 0.242. The lowest BCUT2D eigenvalue weighted by atomic mass is 9.83. The number of anilines is 1. The molecule has 0 unspecified atom stereocenters. The van der Waals surface area contributed by atoms with E-state index in [1.54, 1.807) is 6.08 Å². The van der Waals surface area contributed by atoms with Crippen molar-refractivity contribution in [3.8, 4) is 0 Å². The Morgan fingerprint density at radius 2 is 1.38 bits per heavy atom. The van der Waals surface area contributed by atoms with E-state index in [-0.39, 0.29) is 31.1 Å². The highest BCUT2D eigenvalue weighted by atomic mass is 35.5. The molecule has 9 heteroatoms. The molecule has 0 radical (unpaired) electrons. The SMILES string of the molecule is O=C1C=C(NCCNc2c(Cl)c(Cl)c(Cl)c(Cl)c2Cl)C2(CCCCC2)O1. The highest BCUT2D eigenvalue weighted by Gasteiger charge is 2.43. The topological polar surface area (TPSA) is 50.4 Å². The molecule has 2 aliphatic rings. The fourth-order valence-corrected chi connectivity index (χ4v) is 4.65. The molecule has 142 valence electrons. The zero-order chi connectivity index (χ0) is 18.9. The van der Waals surface area contributed by atoms with Gasteiger partial charge in [0.1, 0.15) is 0 Å².